The normalized spacial score (nSPS) is 28.9. The predicted octanol–water partition coefficient (Wildman–Crippen LogP) is -0.0666. The Hall–Kier alpha value is -1.48. The third-order valence-electron chi connectivity index (χ3n) is 3.93. The molecule has 0 amide bonds. The third kappa shape index (κ3) is 3.72. The standard InChI is InChI=1S/C15H24N2O6/c1-5-10-11(18)12(22-9(3)7-21-4)14(23-10)17-6-8(2)13(19)16-15(17)20/h6,9-12,14,18H,5,7H2,1-4H3,(H,16,19,20)/t9-,10+,11-,12?,14+/m0/s1. The molecule has 2 heterocycles. The van der Waals surface area contributed by atoms with Crippen LogP contribution in [0.25, 0.3) is 0 Å². The molecule has 1 aromatic rings. The molecule has 2 N–H and O–H groups in total. The van der Waals surface area contributed by atoms with Crippen molar-refractivity contribution in [1.82, 2.24) is 9.55 Å². The van der Waals surface area contributed by atoms with Crippen molar-refractivity contribution in [3.63, 3.8) is 0 Å². The van der Waals surface area contributed by atoms with Crippen molar-refractivity contribution in [2.45, 2.75) is 57.8 Å². The molecule has 23 heavy (non-hydrogen) atoms. The molecular weight excluding hydrogens is 304 g/mol. The average molecular weight is 328 g/mol. The number of nitrogens with one attached hydrogen (secondary N) is 1. The number of aromatic nitrogens is 2. The first-order valence-corrected chi connectivity index (χ1v) is 7.69. The van der Waals surface area contributed by atoms with E-state index in [-0.39, 0.29) is 6.10 Å². The second kappa shape index (κ2) is 7.39. The molecule has 8 nitrogen and oxygen atoms in total. The number of hydrogen-bond acceptors (Lipinski definition) is 6. The van der Waals surface area contributed by atoms with Crippen LogP contribution < -0.4 is 11.2 Å². The largest absolute Gasteiger partial charge is 0.388 e. The van der Waals surface area contributed by atoms with E-state index in [1.54, 1.807) is 14.0 Å². The molecule has 1 saturated heterocycles. The van der Waals surface area contributed by atoms with Gasteiger partial charge in [-0.15, -0.1) is 0 Å². The number of methoxy groups -OCH3 is 1. The number of H-pyrrole nitrogens is 1. The van der Waals surface area contributed by atoms with Crippen LogP contribution in [0.4, 0.5) is 0 Å². The molecule has 0 aliphatic carbocycles. The maximum absolute atomic E-state index is 12.1. The maximum atomic E-state index is 12.1. The molecule has 0 aromatic carbocycles. The number of rotatable bonds is 6. The maximum Gasteiger partial charge on any atom is 0.330 e. The minimum atomic E-state index is -0.872. The van der Waals surface area contributed by atoms with Crippen molar-refractivity contribution in [1.29, 1.82) is 0 Å². The van der Waals surface area contributed by atoms with Crippen molar-refractivity contribution >= 4 is 0 Å². The van der Waals surface area contributed by atoms with Gasteiger partial charge in [-0.2, -0.15) is 0 Å². The van der Waals surface area contributed by atoms with E-state index < -0.39 is 35.8 Å². The Kier molecular flexibility index (Phi) is 5.74. The molecule has 2 rings (SSSR count). The van der Waals surface area contributed by atoms with Crippen LogP contribution in [-0.2, 0) is 14.2 Å². The molecule has 1 fully saturated rings. The van der Waals surface area contributed by atoms with Crippen LogP contribution >= 0.6 is 0 Å². The van der Waals surface area contributed by atoms with Gasteiger partial charge in [-0.25, -0.2) is 4.79 Å². The fourth-order valence-electron chi connectivity index (χ4n) is 2.74. The van der Waals surface area contributed by atoms with Crippen LogP contribution in [0.2, 0.25) is 0 Å². The molecule has 5 atom stereocenters. The Morgan fingerprint density at radius 2 is 2.17 bits per heavy atom. The molecule has 8 heteroatoms. The lowest BCUT2D eigenvalue weighted by molar-refractivity contribution is -0.111. The Bertz CT molecular complexity index is 640. The van der Waals surface area contributed by atoms with Crippen molar-refractivity contribution < 1.29 is 19.3 Å². The van der Waals surface area contributed by atoms with Crippen molar-refractivity contribution in [2.24, 2.45) is 0 Å². The highest BCUT2D eigenvalue weighted by Gasteiger charge is 2.45. The first kappa shape index (κ1) is 17.9. The molecule has 130 valence electrons. The molecule has 1 aliphatic heterocycles. The van der Waals surface area contributed by atoms with Crippen LogP contribution in [0.1, 0.15) is 32.1 Å². The second-order valence-corrected chi connectivity index (χ2v) is 5.81. The number of aliphatic hydroxyl groups is 1. The van der Waals surface area contributed by atoms with E-state index in [0.717, 1.165) is 0 Å². The lowest BCUT2D eigenvalue weighted by atomic mass is 10.1. The molecular formula is C15H24N2O6. The summed E-state index contributed by atoms with van der Waals surface area (Å²) < 4.78 is 17.9. The van der Waals surface area contributed by atoms with Crippen LogP contribution in [0.3, 0.4) is 0 Å². The first-order valence-electron chi connectivity index (χ1n) is 7.69. The summed E-state index contributed by atoms with van der Waals surface area (Å²) in [6.07, 6.45) is -1.13. The Morgan fingerprint density at radius 3 is 2.78 bits per heavy atom. The Balaban J connectivity index is 2.35. The van der Waals surface area contributed by atoms with Crippen molar-refractivity contribution in [3.05, 3.63) is 32.6 Å². The fourth-order valence-corrected chi connectivity index (χ4v) is 2.74. The zero-order valence-electron chi connectivity index (χ0n) is 13.8. The second-order valence-electron chi connectivity index (χ2n) is 5.81. The molecule has 1 aliphatic rings. The van der Waals surface area contributed by atoms with Crippen LogP contribution in [-0.4, -0.2) is 52.8 Å². The van der Waals surface area contributed by atoms with Gasteiger partial charge in [-0.05, 0) is 20.3 Å². The molecule has 1 aromatic heterocycles. The van der Waals surface area contributed by atoms with Crippen LogP contribution in [0.5, 0.6) is 0 Å². The van der Waals surface area contributed by atoms with Crippen molar-refractivity contribution in [3.8, 4) is 0 Å². The topological polar surface area (TPSA) is 103 Å². The predicted molar refractivity (Wildman–Crippen MR) is 82.5 cm³/mol. The van der Waals surface area contributed by atoms with E-state index in [1.807, 2.05) is 13.8 Å². The minimum absolute atomic E-state index is 0.277. The zero-order chi connectivity index (χ0) is 17.1. The number of aryl methyl sites for hydroxylation is 1. The SMILES string of the molecule is CC[C@H]1O[C@@H](n2cc(C)c(=O)[nH]c2=O)C(O[C@@H](C)COC)[C@H]1O. The Labute approximate surface area is 134 Å². The average Bonchev–Trinajstić information content (AvgIpc) is 2.80. The van der Waals surface area contributed by atoms with Gasteiger partial charge in [0.05, 0.1) is 18.8 Å². The zero-order valence-corrected chi connectivity index (χ0v) is 13.8. The van der Waals surface area contributed by atoms with Gasteiger partial charge in [-0.3, -0.25) is 14.3 Å². The van der Waals surface area contributed by atoms with E-state index in [1.165, 1.54) is 10.8 Å². The number of nitrogens with zero attached hydrogens (tertiary/aromatic N) is 1. The summed E-state index contributed by atoms with van der Waals surface area (Å²) in [6, 6.07) is 0. The van der Waals surface area contributed by atoms with E-state index in [2.05, 4.69) is 4.98 Å². The monoisotopic (exact) mass is 328 g/mol. The number of aliphatic hydroxyl groups excluding tert-OH is 1. The van der Waals surface area contributed by atoms with Gasteiger partial charge in [0.15, 0.2) is 6.23 Å². The summed E-state index contributed by atoms with van der Waals surface area (Å²) in [5, 5.41) is 10.4. The summed E-state index contributed by atoms with van der Waals surface area (Å²) in [5.41, 5.74) is -0.657. The van der Waals surface area contributed by atoms with Gasteiger partial charge >= 0.3 is 5.69 Å². The van der Waals surface area contributed by atoms with E-state index in [4.69, 9.17) is 14.2 Å². The van der Waals surface area contributed by atoms with Gasteiger partial charge in [0.2, 0.25) is 0 Å². The summed E-state index contributed by atoms with van der Waals surface area (Å²) >= 11 is 0. The van der Waals surface area contributed by atoms with Gasteiger partial charge < -0.3 is 19.3 Å². The lowest BCUT2D eigenvalue weighted by Crippen LogP contribution is -2.41. The van der Waals surface area contributed by atoms with E-state index in [0.29, 0.717) is 18.6 Å². The summed E-state index contributed by atoms with van der Waals surface area (Å²) in [7, 11) is 1.56. The summed E-state index contributed by atoms with van der Waals surface area (Å²) in [4.78, 5) is 25.9. The highest BCUT2D eigenvalue weighted by molar-refractivity contribution is 5.03. The number of ether oxygens (including phenoxy) is 3. The summed E-state index contributed by atoms with van der Waals surface area (Å²) in [6.45, 7) is 5.65. The van der Waals surface area contributed by atoms with Gasteiger partial charge in [-0.1, -0.05) is 6.92 Å². The van der Waals surface area contributed by atoms with Crippen LogP contribution in [0, 0.1) is 6.92 Å². The van der Waals surface area contributed by atoms with E-state index in [9.17, 15) is 14.7 Å². The summed E-state index contributed by atoms with van der Waals surface area (Å²) in [5.74, 6) is 0. The highest BCUT2D eigenvalue weighted by atomic mass is 16.6. The van der Waals surface area contributed by atoms with E-state index >= 15 is 0 Å². The third-order valence-corrected chi connectivity index (χ3v) is 3.93. The minimum Gasteiger partial charge on any atom is -0.388 e. The molecule has 1 unspecified atom stereocenters. The van der Waals surface area contributed by atoms with Gasteiger partial charge in [0.25, 0.3) is 5.56 Å². The lowest BCUT2D eigenvalue weighted by Gasteiger charge is -2.25. The number of hydrogen-bond donors (Lipinski definition) is 2. The fraction of sp³-hybridized carbons (Fsp3) is 0.733. The number of aromatic amines is 1. The first-order chi connectivity index (χ1) is 10.9. The van der Waals surface area contributed by atoms with Crippen LogP contribution in [0.15, 0.2) is 15.8 Å². The molecule has 0 bridgehead atoms. The Morgan fingerprint density at radius 1 is 1.48 bits per heavy atom. The molecule has 0 spiro atoms. The highest BCUT2D eigenvalue weighted by Crippen LogP contribution is 2.33. The van der Waals surface area contributed by atoms with Gasteiger partial charge in [0, 0.05) is 18.9 Å². The smallest absolute Gasteiger partial charge is 0.330 e. The molecule has 0 saturated carbocycles. The van der Waals surface area contributed by atoms with Gasteiger partial charge in [0.1, 0.15) is 12.2 Å². The van der Waals surface area contributed by atoms with Crippen molar-refractivity contribution in [2.75, 3.05) is 13.7 Å². The molecule has 0 radical (unpaired) electrons. The quantitative estimate of drug-likeness (QED) is 0.758.